The first-order chi connectivity index (χ1) is 15.3. The third-order valence-corrected chi connectivity index (χ3v) is 7.28. The fourth-order valence-electron chi connectivity index (χ4n) is 3.34. The number of benzene rings is 2. The molecule has 32 heavy (non-hydrogen) atoms. The van der Waals surface area contributed by atoms with Crippen molar-refractivity contribution >= 4 is 39.2 Å². The van der Waals surface area contributed by atoms with Crippen LogP contribution in [0, 0.1) is 0 Å². The summed E-state index contributed by atoms with van der Waals surface area (Å²) in [5.74, 6) is -1.61. The predicted octanol–water partition coefficient (Wildman–Crippen LogP) is 3.04. The number of ether oxygens (including phenoxy) is 2. The van der Waals surface area contributed by atoms with E-state index in [2.05, 4.69) is 5.32 Å². The number of rotatable bonds is 8. The van der Waals surface area contributed by atoms with E-state index in [0.29, 0.717) is 19.6 Å². The Balaban J connectivity index is 1.64. The number of hydrogen-bond donors (Lipinski definition) is 1. The monoisotopic (exact) mass is 480 g/mol. The van der Waals surface area contributed by atoms with E-state index in [1.807, 2.05) is 37.3 Å². The number of nitrogens with one attached hydrogen (secondary N) is 1. The summed E-state index contributed by atoms with van der Waals surface area (Å²) in [5.41, 5.74) is 0.932. The molecule has 1 N–H and O–H groups in total. The van der Waals surface area contributed by atoms with Gasteiger partial charge in [0.05, 0.1) is 34.7 Å². The molecule has 1 aliphatic heterocycles. The van der Waals surface area contributed by atoms with Crippen LogP contribution in [0.3, 0.4) is 0 Å². The molecule has 0 bridgehead atoms. The average Bonchev–Trinajstić information content (AvgIpc) is 2.81. The van der Waals surface area contributed by atoms with Crippen molar-refractivity contribution in [3.63, 3.8) is 0 Å². The highest BCUT2D eigenvalue weighted by molar-refractivity contribution is 7.89. The van der Waals surface area contributed by atoms with Gasteiger partial charge < -0.3 is 14.8 Å². The largest absolute Gasteiger partial charge is 0.455 e. The number of amides is 1. The van der Waals surface area contributed by atoms with Crippen molar-refractivity contribution in [2.24, 2.45) is 0 Å². The molecule has 0 spiro atoms. The number of morpholine rings is 1. The molecule has 3 rings (SSSR count). The van der Waals surface area contributed by atoms with Gasteiger partial charge in [-0.2, -0.15) is 4.31 Å². The number of anilines is 1. The Hall–Kier alpha value is -2.46. The first kappa shape index (κ1) is 24.2. The van der Waals surface area contributed by atoms with Crippen LogP contribution < -0.4 is 5.32 Å². The Morgan fingerprint density at radius 1 is 1.16 bits per heavy atom. The number of carbonyl (C=O) groups excluding carboxylic acids is 2. The van der Waals surface area contributed by atoms with Gasteiger partial charge in [-0.05, 0) is 30.2 Å². The molecule has 10 heteroatoms. The van der Waals surface area contributed by atoms with Crippen molar-refractivity contribution in [1.82, 2.24) is 4.31 Å². The number of halogens is 1. The second-order valence-corrected chi connectivity index (χ2v) is 9.53. The molecule has 1 saturated heterocycles. The van der Waals surface area contributed by atoms with Gasteiger partial charge in [-0.3, -0.25) is 9.59 Å². The fourth-order valence-corrected chi connectivity index (χ4v) is 4.94. The van der Waals surface area contributed by atoms with Gasteiger partial charge in [0.25, 0.3) is 5.91 Å². The lowest BCUT2D eigenvalue weighted by molar-refractivity contribution is -0.149. The highest BCUT2D eigenvalue weighted by Crippen LogP contribution is 2.27. The van der Waals surface area contributed by atoms with Crippen molar-refractivity contribution in [3.8, 4) is 0 Å². The van der Waals surface area contributed by atoms with E-state index < -0.39 is 34.4 Å². The Morgan fingerprint density at radius 2 is 1.84 bits per heavy atom. The van der Waals surface area contributed by atoms with E-state index in [0.717, 1.165) is 5.56 Å². The van der Waals surface area contributed by atoms with Crippen LogP contribution in [0.1, 0.15) is 24.8 Å². The van der Waals surface area contributed by atoms with E-state index in [1.165, 1.54) is 22.5 Å². The second kappa shape index (κ2) is 10.9. The zero-order valence-corrected chi connectivity index (χ0v) is 19.2. The Labute approximate surface area is 192 Å². The molecular formula is C22H25ClN2O6S. The summed E-state index contributed by atoms with van der Waals surface area (Å²) in [6.45, 7) is 2.50. The summed E-state index contributed by atoms with van der Waals surface area (Å²) in [7, 11) is -3.75. The summed E-state index contributed by atoms with van der Waals surface area (Å²) < 4.78 is 37.4. The van der Waals surface area contributed by atoms with Gasteiger partial charge in [0.1, 0.15) is 0 Å². The third kappa shape index (κ3) is 5.86. The smallest absolute Gasteiger partial charge is 0.313 e. The predicted molar refractivity (Wildman–Crippen MR) is 120 cm³/mol. The van der Waals surface area contributed by atoms with Gasteiger partial charge in [0, 0.05) is 13.1 Å². The van der Waals surface area contributed by atoms with Gasteiger partial charge in [0.2, 0.25) is 10.0 Å². The molecule has 2 aromatic rings. The lowest BCUT2D eigenvalue weighted by Gasteiger charge is -2.26. The molecule has 1 heterocycles. The molecule has 1 fully saturated rings. The summed E-state index contributed by atoms with van der Waals surface area (Å²) in [4.78, 5) is 24.8. The molecule has 0 aliphatic carbocycles. The van der Waals surface area contributed by atoms with Gasteiger partial charge in [-0.25, -0.2) is 8.42 Å². The van der Waals surface area contributed by atoms with Gasteiger partial charge in [-0.15, -0.1) is 0 Å². The minimum atomic E-state index is -3.75. The number of nitrogens with zero attached hydrogens (tertiary/aromatic N) is 1. The third-order valence-electron chi connectivity index (χ3n) is 5.06. The molecule has 8 nitrogen and oxygen atoms in total. The molecular weight excluding hydrogens is 456 g/mol. The Morgan fingerprint density at radius 3 is 2.50 bits per heavy atom. The van der Waals surface area contributed by atoms with Crippen LogP contribution in [0.25, 0.3) is 0 Å². The Bertz CT molecular complexity index is 1060. The van der Waals surface area contributed by atoms with Crippen molar-refractivity contribution < 1.29 is 27.5 Å². The van der Waals surface area contributed by atoms with Crippen molar-refractivity contribution in [3.05, 3.63) is 59.1 Å². The summed E-state index contributed by atoms with van der Waals surface area (Å²) in [6, 6.07) is 13.3. The van der Waals surface area contributed by atoms with Gasteiger partial charge in [0.15, 0.2) is 6.61 Å². The van der Waals surface area contributed by atoms with Crippen LogP contribution in [-0.4, -0.2) is 57.5 Å². The van der Waals surface area contributed by atoms with Crippen LogP contribution in [0.4, 0.5) is 5.69 Å². The first-order valence-electron chi connectivity index (χ1n) is 10.2. The van der Waals surface area contributed by atoms with E-state index in [1.54, 1.807) is 0 Å². The summed E-state index contributed by atoms with van der Waals surface area (Å²) in [6.07, 6.45) is 0.526. The normalized spacial score (nSPS) is 15.7. The fraction of sp³-hybridized carbons (Fsp3) is 0.364. The molecule has 172 valence electrons. The minimum Gasteiger partial charge on any atom is -0.455 e. The van der Waals surface area contributed by atoms with Gasteiger partial charge >= 0.3 is 5.97 Å². The first-order valence-corrected chi connectivity index (χ1v) is 12.0. The van der Waals surface area contributed by atoms with Crippen LogP contribution >= 0.6 is 11.6 Å². The van der Waals surface area contributed by atoms with Crippen molar-refractivity contribution in [1.29, 1.82) is 0 Å². The zero-order valence-electron chi connectivity index (χ0n) is 17.6. The van der Waals surface area contributed by atoms with Crippen LogP contribution in [0.2, 0.25) is 5.02 Å². The SMILES string of the molecule is CCC(C(=O)OCC(=O)Nc1cc(S(=O)(=O)N2CCOCC2)ccc1Cl)c1ccccc1. The van der Waals surface area contributed by atoms with E-state index in [-0.39, 0.29) is 28.7 Å². The quantitative estimate of drug-likeness (QED) is 0.583. The lowest BCUT2D eigenvalue weighted by atomic mass is 9.97. The summed E-state index contributed by atoms with van der Waals surface area (Å²) >= 11 is 6.14. The van der Waals surface area contributed by atoms with E-state index in [4.69, 9.17) is 21.1 Å². The molecule has 2 aromatic carbocycles. The molecule has 1 aliphatic rings. The molecule has 1 amide bonds. The number of esters is 1. The maximum absolute atomic E-state index is 12.8. The van der Waals surface area contributed by atoms with Crippen LogP contribution in [0.15, 0.2) is 53.4 Å². The average molecular weight is 481 g/mol. The maximum Gasteiger partial charge on any atom is 0.313 e. The van der Waals surface area contributed by atoms with Crippen molar-refractivity contribution in [2.45, 2.75) is 24.2 Å². The number of hydrogen-bond acceptors (Lipinski definition) is 6. The van der Waals surface area contributed by atoms with Crippen LogP contribution in [0.5, 0.6) is 0 Å². The molecule has 0 saturated carbocycles. The van der Waals surface area contributed by atoms with Crippen LogP contribution in [-0.2, 0) is 29.1 Å². The number of sulfonamides is 1. The lowest BCUT2D eigenvalue weighted by Crippen LogP contribution is -2.40. The topological polar surface area (TPSA) is 102 Å². The summed E-state index contributed by atoms with van der Waals surface area (Å²) in [5, 5.41) is 2.69. The highest BCUT2D eigenvalue weighted by Gasteiger charge is 2.27. The maximum atomic E-state index is 12.8. The minimum absolute atomic E-state index is 0.00576. The molecule has 0 radical (unpaired) electrons. The van der Waals surface area contributed by atoms with Gasteiger partial charge in [-0.1, -0.05) is 48.9 Å². The van der Waals surface area contributed by atoms with E-state index in [9.17, 15) is 18.0 Å². The molecule has 1 atom stereocenters. The zero-order chi connectivity index (χ0) is 23.1. The molecule has 0 aromatic heterocycles. The standard InChI is InChI=1S/C22H25ClN2O6S/c1-2-18(16-6-4-3-5-7-16)22(27)31-15-21(26)24-20-14-17(8-9-19(20)23)32(28,29)25-10-12-30-13-11-25/h3-9,14,18H,2,10-13,15H2,1H3,(H,24,26). The molecule has 1 unspecified atom stereocenters. The number of carbonyl (C=O) groups is 2. The Kier molecular flexibility index (Phi) is 8.25. The van der Waals surface area contributed by atoms with Crippen molar-refractivity contribution in [2.75, 3.05) is 38.2 Å². The highest BCUT2D eigenvalue weighted by atomic mass is 35.5. The van der Waals surface area contributed by atoms with E-state index >= 15 is 0 Å². The second-order valence-electron chi connectivity index (χ2n) is 7.19.